The van der Waals surface area contributed by atoms with E-state index in [1.807, 2.05) is 12.1 Å². The van der Waals surface area contributed by atoms with Gasteiger partial charge in [0, 0.05) is 13.0 Å². The molecular weight excluding hydrogens is 498 g/mol. The predicted molar refractivity (Wildman–Crippen MR) is 123 cm³/mol. The molecule has 3 N–H and O–H groups in total. The first-order chi connectivity index (χ1) is 14.7. The number of nitrogens with one attached hydrogen (secondary N) is 2. The molecule has 0 saturated heterocycles. The molecule has 1 heterocycles. The summed E-state index contributed by atoms with van der Waals surface area (Å²) in [6.07, 6.45) is 4.99. The van der Waals surface area contributed by atoms with Crippen molar-refractivity contribution in [2.45, 2.75) is 50.0 Å². The van der Waals surface area contributed by atoms with Crippen molar-refractivity contribution in [3.05, 3.63) is 52.5 Å². The van der Waals surface area contributed by atoms with Gasteiger partial charge in [-0.2, -0.15) is 0 Å². The van der Waals surface area contributed by atoms with Gasteiger partial charge in [0.05, 0.1) is 9.92 Å². The first-order valence-corrected chi connectivity index (χ1v) is 12.1. The third kappa shape index (κ3) is 7.29. The van der Waals surface area contributed by atoms with Crippen LogP contribution in [-0.2, 0) is 14.8 Å². The molecule has 1 aromatic heterocycles. The van der Waals surface area contributed by atoms with E-state index >= 15 is 0 Å². The maximum absolute atomic E-state index is 12.9. The number of fused-ring (bicyclic) bond motifs is 1. The normalized spacial score (nSPS) is 14.3. The number of rotatable bonds is 4. The molecule has 3 aromatic rings. The molecule has 4 rings (SSSR count). The number of aliphatic carboxylic acids is 1. The Balaban J connectivity index is 0.000000672. The second kappa shape index (κ2) is 12.3. The van der Waals surface area contributed by atoms with E-state index < -0.39 is 16.0 Å². The van der Waals surface area contributed by atoms with Crippen LogP contribution in [0.2, 0.25) is 10.0 Å². The summed E-state index contributed by atoms with van der Waals surface area (Å²) in [6, 6.07) is 13.7. The van der Waals surface area contributed by atoms with Crippen LogP contribution in [-0.4, -0.2) is 30.5 Å². The van der Waals surface area contributed by atoms with Crippen LogP contribution in [0.3, 0.4) is 0 Å². The van der Waals surface area contributed by atoms with E-state index in [0.29, 0.717) is 16.3 Å². The Morgan fingerprint density at radius 3 is 2.41 bits per heavy atom. The van der Waals surface area contributed by atoms with Crippen molar-refractivity contribution >= 4 is 50.1 Å². The molecule has 10 heteroatoms. The molecule has 0 radical (unpaired) electrons. The fourth-order valence-corrected chi connectivity index (χ4v) is 5.61. The minimum atomic E-state index is -3.70. The summed E-state index contributed by atoms with van der Waals surface area (Å²) in [5, 5.41) is 8.99. The number of halogens is 2. The summed E-state index contributed by atoms with van der Waals surface area (Å²) in [4.78, 5) is 12.3. The predicted octanol–water partition coefficient (Wildman–Crippen LogP) is 2.65. The zero-order valence-electron chi connectivity index (χ0n) is 17.9. The van der Waals surface area contributed by atoms with Gasteiger partial charge >= 0.3 is 51.4 Å². The molecule has 0 aliphatic heterocycles. The third-order valence-corrected chi connectivity index (χ3v) is 7.28. The van der Waals surface area contributed by atoms with E-state index in [9.17, 15) is 8.42 Å². The summed E-state index contributed by atoms with van der Waals surface area (Å²) < 4.78 is 28.6. The minimum absolute atomic E-state index is 0. The fraction of sp³-hybridized carbons (Fsp3) is 0.318. The van der Waals surface area contributed by atoms with Gasteiger partial charge in [-0.1, -0.05) is 72.8 Å². The number of hydrogen-bond acceptors (Lipinski definition) is 3. The van der Waals surface area contributed by atoms with Crippen molar-refractivity contribution in [2.24, 2.45) is 0 Å². The topological polar surface area (TPSA) is 99.3 Å². The summed E-state index contributed by atoms with van der Waals surface area (Å²) in [6.45, 7) is 1.08. The van der Waals surface area contributed by atoms with Crippen molar-refractivity contribution < 1.29 is 69.7 Å². The molecule has 32 heavy (non-hydrogen) atoms. The van der Waals surface area contributed by atoms with Gasteiger partial charge in [-0.3, -0.25) is 4.79 Å². The van der Waals surface area contributed by atoms with Crippen LogP contribution < -0.4 is 56.1 Å². The van der Waals surface area contributed by atoms with Gasteiger partial charge in [-0.15, -0.1) is 23.1 Å². The smallest absolute Gasteiger partial charge is 0.481 e. The molecule has 0 amide bonds. The summed E-state index contributed by atoms with van der Waals surface area (Å²) in [5.74, 6) is -0.833. The molecule has 2 aromatic carbocycles. The van der Waals surface area contributed by atoms with Crippen molar-refractivity contribution in [1.82, 2.24) is 9.71 Å². The molecule has 0 unspecified atom stereocenters. The van der Waals surface area contributed by atoms with Crippen molar-refractivity contribution in [1.29, 1.82) is 0 Å². The Morgan fingerprint density at radius 1 is 1.12 bits per heavy atom. The van der Waals surface area contributed by atoms with Crippen LogP contribution in [0.5, 0.6) is 0 Å². The van der Waals surface area contributed by atoms with Crippen LogP contribution >= 0.6 is 23.2 Å². The van der Waals surface area contributed by atoms with E-state index in [4.69, 9.17) is 33.1 Å². The molecule has 1 fully saturated rings. The van der Waals surface area contributed by atoms with Gasteiger partial charge < -0.3 is 10.1 Å². The summed E-state index contributed by atoms with van der Waals surface area (Å²) in [5.41, 5.74) is 2.21. The van der Waals surface area contributed by atoms with Gasteiger partial charge in [0.25, 0.3) is 5.97 Å². The number of carboxylic acid groups (broad SMARTS) is 1. The number of benzene rings is 2. The Labute approximate surface area is 240 Å². The SMILES string of the molecule is CC(=O)O.O=S(=O)(NC1CCCCC1)c1cc(-c2[c-]c3c(Cl)cccc3[nH]2)ccc1Cl.[K+]. The Hall–Kier alpha value is -0.424. The Bertz CT molecular complexity index is 1190. The summed E-state index contributed by atoms with van der Waals surface area (Å²) in [7, 11) is -3.70. The molecule has 1 aliphatic rings. The van der Waals surface area contributed by atoms with Gasteiger partial charge in [-0.05, 0) is 29.1 Å². The Kier molecular flexibility index (Phi) is 10.7. The number of carbonyl (C=O) groups is 1. The van der Waals surface area contributed by atoms with Crippen molar-refractivity contribution in [2.75, 3.05) is 0 Å². The standard InChI is InChI=1S/C20H19Cl2N2O2S.C2H4O2.K/c21-16-7-4-8-18-15(16)12-19(23-18)13-9-10-17(22)20(11-13)27(25,26)24-14-5-2-1-3-6-14;1-2(3)4;/h4,7-11,14,23-24H,1-3,5-6H2;1H3,(H,3,4);/q-1;;+1. The maximum Gasteiger partial charge on any atom is 1.00 e. The van der Waals surface area contributed by atoms with Gasteiger partial charge in [-0.25, -0.2) is 13.1 Å². The van der Waals surface area contributed by atoms with E-state index in [-0.39, 0.29) is 67.3 Å². The number of hydrogen-bond donors (Lipinski definition) is 3. The summed E-state index contributed by atoms with van der Waals surface area (Å²) >= 11 is 12.4. The van der Waals surface area contributed by atoms with Crippen LogP contribution in [0, 0.1) is 6.07 Å². The van der Waals surface area contributed by atoms with E-state index in [1.165, 1.54) is 0 Å². The molecule has 6 nitrogen and oxygen atoms in total. The number of carboxylic acids is 1. The Morgan fingerprint density at radius 2 is 1.78 bits per heavy atom. The zero-order valence-corrected chi connectivity index (χ0v) is 23.4. The van der Waals surface area contributed by atoms with Gasteiger partial charge in [0.15, 0.2) is 0 Å². The second-order valence-electron chi connectivity index (χ2n) is 7.41. The number of sulfonamides is 1. The molecule has 166 valence electrons. The zero-order chi connectivity index (χ0) is 22.6. The second-order valence-corrected chi connectivity index (χ2v) is 9.90. The molecular formula is C22H23Cl2KN2O4S. The largest absolute Gasteiger partial charge is 1.00 e. The monoisotopic (exact) mass is 520 g/mol. The fourth-order valence-electron chi connectivity index (χ4n) is 3.56. The maximum atomic E-state index is 12.9. The first-order valence-electron chi connectivity index (χ1n) is 9.88. The third-order valence-electron chi connectivity index (χ3n) is 4.96. The first kappa shape index (κ1) is 27.8. The van der Waals surface area contributed by atoms with Crippen LogP contribution in [0.4, 0.5) is 0 Å². The molecule has 0 spiro atoms. The van der Waals surface area contributed by atoms with E-state index in [1.54, 1.807) is 24.3 Å². The average molecular weight is 522 g/mol. The van der Waals surface area contributed by atoms with Crippen molar-refractivity contribution in [3.63, 3.8) is 0 Å². The van der Waals surface area contributed by atoms with E-state index in [2.05, 4.69) is 15.8 Å². The van der Waals surface area contributed by atoms with E-state index in [0.717, 1.165) is 49.9 Å². The number of H-pyrrole nitrogens is 1. The van der Waals surface area contributed by atoms with Crippen LogP contribution in [0.1, 0.15) is 39.0 Å². The number of aromatic nitrogens is 1. The van der Waals surface area contributed by atoms with Gasteiger partial charge in [0.2, 0.25) is 10.0 Å². The van der Waals surface area contributed by atoms with Crippen LogP contribution in [0.25, 0.3) is 22.2 Å². The molecule has 1 aliphatic carbocycles. The molecule has 0 atom stereocenters. The molecule has 1 saturated carbocycles. The number of aromatic amines is 1. The minimum Gasteiger partial charge on any atom is -0.481 e. The molecule has 0 bridgehead atoms. The quantitative estimate of drug-likeness (QED) is 0.363. The van der Waals surface area contributed by atoms with Crippen molar-refractivity contribution in [3.8, 4) is 11.3 Å². The van der Waals surface area contributed by atoms with Gasteiger partial charge in [0.1, 0.15) is 0 Å². The average Bonchev–Trinajstić information content (AvgIpc) is 3.14. The van der Waals surface area contributed by atoms with Crippen LogP contribution in [0.15, 0.2) is 41.3 Å².